The van der Waals surface area contributed by atoms with E-state index in [0.717, 1.165) is 49.0 Å². The monoisotopic (exact) mass is 727 g/mol. The molecule has 1 N–H and O–H groups in total. The quantitative estimate of drug-likeness (QED) is 0.192. The average Bonchev–Trinajstić information content (AvgIpc) is 3.14. The van der Waals surface area contributed by atoms with Crippen LogP contribution in [0.25, 0.3) is 0 Å². The van der Waals surface area contributed by atoms with Crippen LogP contribution in [0.2, 0.25) is 0 Å². The minimum absolute atomic E-state index is 0.117. The zero-order valence-corrected chi connectivity index (χ0v) is 31.4. The summed E-state index contributed by atoms with van der Waals surface area (Å²) in [5.74, 6) is 4.67. The van der Waals surface area contributed by atoms with Gasteiger partial charge >= 0.3 is 0 Å². The van der Waals surface area contributed by atoms with Crippen LogP contribution in [-0.2, 0) is 30.5 Å². The lowest BCUT2D eigenvalue weighted by Gasteiger charge is -2.37. The van der Waals surface area contributed by atoms with E-state index in [2.05, 4.69) is 59.5 Å². The van der Waals surface area contributed by atoms with Crippen molar-refractivity contribution < 1.29 is 33.2 Å². The number of carbonyl (C=O) groups is 1. The zero-order chi connectivity index (χ0) is 36.5. The molecule has 4 aliphatic heterocycles. The van der Waals surface area contributed by atoms with Crippen LogP contribution >= 0.6 is 11.6 Å². The van der Waals surface area contributed by atoms with E-state index in [1.54, 1.807) is 28.4 Å². The first-order valence-corrected chi connectivity index (χ1v) is 18.2. The van der Waals surface area contributed by atoms with Crippen molar-refractivity contribution >= 4 is 23.2 Å². The van der Waals surface area contributed by atoms with Gasteiger partial charge in [0.05, 0.1) is 28.4 Å². The molecule has 0 unspecified atom stereocenters. The van der Waals surface area contributed by atoms with Gasteiger partial charge in [0.15, 0.2) is 34.5 Å². The molecule has 52 heavy (non-hydrogen) atoms. The molecule has 0 spiro atoms. The molecule has 0 fully saturated rings. The molecule has 6 bridgehead atoms. The Balaban J connectivity index is 1.48. The van der Waals surface area contributed by atoms with Gasteiger partial charge in [-0.2, -0.15) is 0 Å². The Bertz CT molecular complexity index is 1970. The topological polar surface area (TPSA) is 91.0 Å². The Kier molecular flexibility index (Phi) is 10.4. The molecule has 0 aliphatic carbocycles. The third kappa shape index (κ3) is 6.83. The van der Waals surface area contributed by atoms with Crippen molar-refractivity contribution in [1.82, 2.24) is 9.80 Å². The number of hydrogen-bond acceptors (Lipinski definition) is 9. The molecule has 0 aromatic heterocycles. The molecule has 0 saturated heterocycles. The molecule has 11 heteroatoms. The number of rotatable bonds is 7. The predicted octanol–water partition coefficient (Wildman–Crippen LogP) is 7.73. The molecule has 4 aromatic rings. The summed E-state index contributed by atoms with van der Waals surface area (Å²) >= 11 is 5.97. The number of nitrogens with one attached hydrogen (secondary N) is 1. The highest BCUT2D eigenvalue weighted by Crippen LogP contribution is 2.52. The lowest BCUT2D eigenvalue weighted by Crippen LogP contribution is -2.34. The van der Waals surface area contributed by atoms with Gasteiger partial charge in [-0.05, 0) is 104 Å². The zero-order valence-electron chi connectivity index (χ0n) is 30.6. The van der Waals surface area contributed by atoms with Crippen LogP contribution in [0.1, 0.15) is 51.9 Å². The van der Waals surface area contributed by atoms with Gasteiger partial charge in [-0.15, -0.1) is 11.6 Å². The molecule has 4 heterocycles. The van der Waals surface area contributed by atoms with Crippen molar-refractivity contribution in [2.75, 3.05) is 66.8 Å². The van der Waals surface area contributed by atoms with Crippen molar-refractivity contribution in [3.63, 3.8) is 0 Å². The Labute approximate surface area is 310 Å². The number of halogens is 1. The standard InChI is InChI=1S/C41H46ClN3O7/c1-44-15-12-25-19-33(47-3)36-22-29(25)31(44)17-24-7-9-28(10-8-24)51-35-21-27(30(23-34(35)48-4)43-38(46)11-14-42)18-32-39-26(13-16-45(32)2)20-37(49-5)40(50-6)41(39)52-36/h7-10,19-23,31-32H,11-18H2,1-6H3,(H,43,46)/t31-,32-/m0/s1. The summed E-state index contributed by atoms with van der Waals surface area (Å²) in [7, 11) is 10.8. The number of benzene rings is 4. The molecule has 2 atom stereocenters. The number of hydrogen-bond donors (Lipinski definition) is 1. The average molecular weight is 728 g/mol. The van der Waals surface area contributed by atoms with Gasteiger partial charge in [0, 0.05) is 54.8 Å². The van der Waals surface area contributed by atoms with Crippen molar-refractivity contribution in [2.45, 2.75) is 44.2 Å². The minimum Gasteiger partial charge on any atom is -0.493 e. The van der Waals surface area contributed by atoms with E-state index < -0.39 is 0 Å². The highest BCUT2D eigenvalue weighted by molar-refractivity contribution is 6.19. The number of amides is 1. The number of alkyl halides is 1. The lowest BCUT2D eigenvalue weighted by molar-refractivity contribution is -0.115. The Morgan fingerprint density at radius 1 is 0.769 bits per heavy atom. The fraction of sp³-hybridized carbons (Fsp3) is 0.390. The van der Waals surface area contributed by atoms with Gasteiger partial charge in [0.25, 0.3) is 0 Å². The van der Waals surface area contributed by atoms with E-state index in [1.165, 1.54) is 16.7 Å². The van der Waals surface area contributed by atoms with Crippen LogP contribution in [-0.4, -0.2) is 77.2 Å². The number of ether oxygens (including phenoxy) is 6. The highest BCUT2D eigenvalue weighted by Gasteiger charge is 2.35. The van der Waals surface area contributed by atoms with Crippen LogP contribution in [0.5, 0.6) is 46.0 Å². The lowest BCUT2D eigenvalue weighted by atomic mass is 9.86. The van der Waals surface area contributed by atoms with Gasteiger partial charge in [-0.25, -0.2) is 0 Å². The van der Waals surface area contributed by atoms with Crippen molar-refractivity contribution in [3.05, 3.63) is 88.0 Å². The van der Waals surface area contributed by atoms with E-state index in [-0.39, 0.29) is 30.3 Å². The summed E-state index contributed by atoms with van der Waals surface area (Å²) < 4.78 is 37.4. The normalized spacial score (nSPS) is 18.2. The summed E-state index contributed by atoms with van der Waals surface area (Å²) in [6.45, 7) is 1.72. The first-order chi connectivity index (χ1) is 25.2. The van der Waals surface area contributed by atoms with E-state index >= 15 is 0 Å². The SMILES string of the molecule is COc1cc(NC(=O)CCCl)c2cc1Oc1ccc(cc1)C[C@H]1c3cc(c(OC)cc3CCN1C)Oc1c(OC)c(OC)cc3c1[C@H](C2)N(C)CC3. The van der Waals surface area contributed by atoms with E-state index in [9.17, 15) is 4.79 Å². The molecule has 0 radical (unpaired) electrons. The number of likely N-dealkylation sites (N-methyl/N-ethyl adjacent to an activating group) is 2. The number of carbonyl (C=O) groups excluding carboxylic acids is 1. The van der Waals surface area contributed by atoms with Gasteiger partial charge < -0.3 is 33.7 Å². The molecular formula is C41H46ClN3O7. The second-order valence-corrected chi connectivity index (χ2v) is 14.0. The van der Waals surface area contributed by atoms with Crippen molar-refractivity contribution in [3.8, 4) is 46.0 Å². The third-order valence-electron chi connectivity index (χ3n) is 10.6. The van der Waals surface area contributed by atoms with Gasteiger partial charge in [-0.3, -0.25) is 14.6 Å². The highest BCUT2D eigenvalue weighted by atomic mass is 35.5. The maximum Gasteiger partial charge on any atom is 0.225 e. The smallest absolute Gasteiger partial charge is 0.225 e. The van der Waals surface area contributed by atoms with Crippen molar-refractivity contribution in [2.24, 2.45) is 0 Å². The Morgan fingerprint density at radius 3 is 2.12 bits per heavy atom. The second-order valence-electron chi connectivity index (χ2n) is 13.6. The molecule has 0 saturated carbocycles. The van der Waals surface area contributed by atoms with E-state index in [4.69, 9.17) is 40.0 Å². The second kappa shape index (κ2) is 15.1. The molecule has 4 aliphatic rings. The number of fused-ring (bicyclic) bond motifs is 2. The van der Waals surface area contributed by atoms with Crippen molar-refractivity contribution in [1.29, 1.82) is 0 Å². The van der Waals surface area contributed by atoms with Crippen LogP contribution in [0.3, 0.4) is 0 Å². The summed E-state index contributed by atoms with van der Waals surface area (Å²) in [4.78, 5) is 17.7. The summed E-state index contributed by atoms with van der Waals surface area (Å²) in [6.07, 6.45) is 3.15. The molecule has 10 nitrogen and oxygen atoms in total. The maximum absolute atomic E-state index is 13.0. The predicted molar refractivity (Wildman–Crippen MR) is 202 cm³/mol. The molecule has 1 amide bonds. The number of nitrogens with zero attached hydrogens (tertiary/aromatic N) is 2. The third-order valence-corrected chi connectivity index (χ3v) is 10.8. The number of anilines is 1. The molecular weight excluding hydrogens is 682 g/mol. The Morgan fingerprint density at radius 2 is 1.42 bits per heavy atom. The van der Waals surface area contributed by atoms with Gasteiger partial charge in [0.1, 0.15) is 5.75 Å². The first kappa shape index (κ1) is 35.7. The molecule has 4 aromatic carbocycles. The first-order valence-electron chi connectivity index (χ1n) is 17.7. The fourth-order valence-electron chi connectivity index (χ4n) is 7.76. The van der Waals surface area contributed by atoms with Crippen LogP contribution in [0.15, 0.2) is 54.6 Å². The van der Waals surface area contributed by atoms with Crippen LogP contribution in [0.4, 0.5) is 5.69 Å². The molecule has 8 rings (SSSR count). The summed E-state index contributed by atoms with van der Waals surface area (Å²) in [5, 5.41) is 3.09. The van der Waals surface area contributed by atoms with Gasteiger partial charge in [-0.1, -0.05) is 12.1 Å². The minimum atomic E-state index is -0.191. The Hall–Kier alpha value is -4.64. The number of methoxy groups -OCH3 is 4. The fourth-order valence-corrected chi connectivity index (χ4v) is 7.93. The maximum atomic E-state index is 13.0. The summed E-state index contributed by atoms with van der Waals surface area (Å²) in [5.41, 5.74) is 7.18. The van der Waals surface area contributed by atoms with Crippen LogP contribution in [0, 0.1) is 0 Å². The largest absolute Gasteiger partial charge is 0.493 e. The van der Waals surface area contributed by atoms with Gasteiger partial charge in [0.2, 0.25) is 11.7 Å². The molecule has 274 valence electrons. The van der Waals surface area contributed by atoms with Crippen LogP contribution < -0.4 is 33.7 Å². The van der Waals surface area contributed by atoms with E-state index in [1.807, 2.05) is 24.3 Å². The van der Waals surface area contributed by atoms with E-state index in [0.29, 0.717) is 58.1 Å². The summed E-state index contributed by atoms with van der Waals surface area (Å²) in [6, 6.07) is 18.2.